The third-order valence-electron chi connectivity index (χ3n) is 2.11. The molecule has 1 aromatic carbocycles. The van der Waals surface area contributed by atoms with Crippen LogP contribution in [0.1, 0.15) is 5.56 Å². The number of nitrogens with one attached hydrogen (secondary N) is 2. The predicted molar refractivity (Wildman–Crippen MR) is 65.6 cm³/mol. The summed E-state index contributed by atoms with van der Waals surface area (Å²) < 4.78 is 26.0. The molecule has 8 heteroatoms. The molecule has 92 valence electrons. The first-order valence-corrected chi connectivity index (χ1v) is 6.61. The van der Waals surface area contributed by atoms with E-state index in [-0.39, 0.29) is 15.7 Å². The van der Waals surface area contributed by atoms with Crippen molar-refractivity contribution in [2.24, 2.45) is 0 Å². The predicted octanol–water partition coefficient (Wildman–Crippen LogP) is 1.74. The summed E-state index contributed by atoms with van der Waals surface area (Å²) in [5, 5.41) is 14.7. The molecule has 2 N–H and O–H groups in total. The van der Waals surface area contributed by atoms with Gasteiger partial charge in [-0.15, -0.1) is 0 Å². The fourth-order valence-electron chi connectivity index (χ4n) is 1.26. The van der Waals surface area contributed by atoms with E-state index < -0.39 is 10.0 Å². The van der Waals surface area contributed by atoms with Gasteiger partial charge >= 0.3 is 0 Å². The van der Waals surface area contributed by atoms with Crippen molar-refractivity contribution in [2.75, 3.05) is 4.72 Å². The van der Waals surface area contributed by atoms with Crippen molar-refractivity contribution in [3.05, 3.63) is 41.0 Å². The van der Waals surface area contributed by atoms with Crippen LogP contribution in [0.3, 0.4) is 0 Å². The van der Waals surface area contributed by atoms with E-state index in [9.17, 15) is 8.42 Å². The lowest BCUT2D eigenvalue weighted by molar-refractivity contribution is 0.597. The molecule has 0 spiro atoms. The van der Waals surface area contributed by atoms with Gasteiger partial charge in [0.05, 0.1) is 28.5 Å². The number of halogens is 1. The average Bonchev–Trinajstić information content (AvgIpc) is 2.86. The molecule has 0 saturated carbocycles. The molecule has 0 atom stereocenters. The van der Waals surface area contributed by atoms with Gasteiger partial charge in [-0.3, -0.25) is 9.82 Å². The van der Waals surface area contributed by atoms with Gasteiger partial charge in [0.15, 0.2) is 5.03 Å². The molecule has 0 bridgehead atoms. The van der Waals surface area contributed by atoms with Crippen LogP contribution < -0.4 is 4.72 Å². The zero-order valence-electron chi connectivity index (χ0n) is 8.88. The van der Waals surface area contributed by atoms with Crippen molar-refractivity contribution in [2.45, 2.75) is 5.03 Å². The van der Waals surface area contributed by atoms with E-state index in [1.54, 1.807) is 0 Å². The lowest BCUT2D eigenvalue weighted by Gasteiger charge is -2.07. The Hall–Kier alpha value is -2.04. The fourth-order valence-corrected chi connectivity index (χ4v) is 2.53. The van der Waals surface area contributed by atoms with E-state index in [2.05, 4.69) is 14.9 Å². The van der Waals surface area contributed by atoms with Crippen molar-refractivity contribution in [3.63, 3.8) is 0 Å². The second kappa shape index (κ2) is 4.68. The minimum absolute atomic E-state index is 0.0667. The number of sulfonamides is 1. The van der Waals surface area contributed by atoms with Crippen molar-refractivity contribution in [3.8, 4) is 6.07 Å². The Bertz CT molecular complexity index is 704. The summed E-state index contributed by atoms with van der Waals surface area (Å²) in [6.45, 7) is 0. The van der Waals surface area contributed by atoms with Crippen LogP contribution in [-0.4, -0.2) is 18.6 Å². The first-order chi connectivity index (χ1) is 8.53. The van der Waals surface area contributed by atoms with Gasteiger partial charge in [0.1, 0.15) is 0 Å². The quantitative estimate of drug-likeness (QED) is 0.895. The monoisotopic (exact) mass is 282 g/mol. The highest BCUT2D eigenvalue weighted by molar-refractivity contribution is 7.92. The first kappa shape index (κ1) is 12.4. The first-order valence-electron chi connectivity index (χ1n) is 4.75. The summed E-state index contributed by atoms with van der Waals surface area (Å²) in [4.78, 5) is 0. The third kappa shape index (κ3) is 2.45. The van der Waals surface area contributed by atoms with Crippen LogP contribution >= 0.6 is 11.6 Å². The Morgan fingerprint density at radius 1 is 1.39 bits per heavy atom. The van der Waals surface area contributed by atoms with Gasteiger partial charge in [-0.05, 0) is 24.3 Å². The van der Waals surface area contributed by atoms with Crippen LogP contribution in [0.4, 0.5) is 5.69 Å². The van der Waals surface area contributed by atoms with Crippen molar-refractivity contribution in [1.29, 1.82) is 5.26 Å². The van der Waals surface area contributed by atoms with Gasteiger partial charge in [-0.25, -0.2) is 0 Å². The van der Waals surface area contributed by atoms with Crippen LogP contribution in [0.15, 0.2) is 35.5 Å². The number of H-pyrrole nitrogens is 1. The lowest BCUT2D eigenvalue weighted by atomic mass is 10.2. The Kier molecular flexibility index (Phi) is 3.23. The Morgan fingerprint density at radius 2 is 2.17 bits per heavy atom. The molecule has 2 aromatic rings. The van der Waals surface area contributed by atoms with E-state index in [0.29, 0.717) is 5.56 Å². The van der Waals surface area contributed by atoms with Crippen LogP contribution in [0, 0.1) is 11.3 Å². The minimum Gasteiger partial charge on any atom is -0.277 e. The summed E-state index contributed by atoms with van der Waals surface area (Å²) in [5.41, 5.74) is 0.551. The highest BCUT2D eigenvalue weighted by Crippen LogP contribution is 2.25. The second-order valence-corrected chi connectivity index (χ2v) is 5.39. The molecule has 0 amide bonds. The number of rotatable bonds is 3. The standard InChI is InChI=1S/C10H7ClN4O2S/c11-8-5-7(6-12)1-2-9(8)15-18(16,17)10-3-4-13-14-10/h1-5,15H,(H,13,14). The fraction of sp³-hybridized carbons (Fsp3) is 0. The van der Waals surface area contributed by atoms with Gasteiger partial charge in [0.25, 0.3) is 10.0 Å². The summed E-state index contributed by atoms with van der Waals surface area (Å²) in [5.74, 6) is 0. The summed E-state index contributed by atoms with van der Waals surface area (Å²) in [6.07, 6.45) is 1.33. The number of nitriles is 1. The molecule has 1 aromatic heterocycles. The smallest absolute Gasteiger partial charge is 0.277 e. The topological polar surface area (TPSA) is 98.6 Å². The number of aromatic nitrogens is 2. The molecule has 0 aliphatic heterocycles. The second-order valence-electron chi connectivity index (χ2n) is 3.33. The number of hydrogen-bond acceptors (Lipinski definition) is 4. The third-order valence-corrected chi connectivity index (χ3v) is 3.71. The van der Waals surface area contributed by atoms with Crippen LogP contribution in [-0.2, 0) is 10.0 Å². The molecule has 1 heterocycles. The number of aromatic amines is 1. The Balaban J connectivity index is 2.33. The molecule has 2 rings (SSSR count). The van der Waals surface area contributed by atoms with E-state index in [1.165, 1.54) is 30.5 Å². The molecule has 0 fully saturated rings. The van der Waals surface area contributed by atoms with Crippen molar-refractivity contribution in [1.82, 2.24) is 10.2 Å². The number of benzene rings is 1. The van der Waals surface area contributed by atoms with Gasteiger partial charge in [-0.1, -0.05) is 11.6 Å². The maximum absolute atomic E-state index is 11.9. The highest BCUT2D eigenvalue weighted by atomic mass is 35.5. The number of nitrogens with zero attached hydrogens (tertiary/aromatic N) is 2. The number of hydrogen-bond donors (Lipinski definition) is 2. The highest BCUT2D eigenvalue weighted by Gasteiger charge is 2.16. The molecule has 0 aliphatic carbocycles. The zero-order valence-corrected chi connectivity index (χ0v) is 10.5. The van der Waals surface area contributed by atoms with Crippen LogP contribution in [0.5, 0.6) is 0 Å². The minimum atomic E-state index is -3.75. The summed E-state index contributed by atoms with van der Waals surface area (Å²) >= 11 is 5.87. The van der Waals surface area contributed by atoms with Gasteiger partial charge < -0.3 is 0 Å². The molecular formula is C10H7ClN4O2S. The van der Waals surface area contributed by atoms with Crippen molar-refractivity contribution >= 4 is 27.3 Å². The molecule has 0 radical (unpaired) electrons. The maximum atomic E-state index is 11.9. The Labute approximate surface area is 108 Å². The SMILES string of the molecule is N#Cc1ccc(NS(=O)(=O)c2ccn[nH]2)c(Cl)c1. The molecular weight excluding hydrogens is 276 g/mol. The Morgan fingerprint density at radius 3 is 2.72 bits per heavy atom. The summed E-state index contributed by atoms with van der Waals surface area (Å²) in [6, 6.07) is 7.50. The van der Waals surface area contributed by atoms with Crippen molar-refractivity contribution < 1.29 is 8.42 Å². The van der Waals surface area contributed by atoms with E-state index in [1.807, 2.05) is 6.07 Å². The van der Waals surface area contributed by atoms with Crippen LogP contribution in [0.2, 0.25) is 5.02 Å². The molecule has 18 heavy (non-hydrogen) atoms. The average molecular weight is 283 g/mol. The zero-order chi connectivity index (χ0) is 13.2. The number of anilines is 1. The normalized spacial score (nSPS) is 10.9. The van der Waals surface area contributed by atoms with Crippen LogP contribution in [0.25, 0.3) is 0 Å². The molecule has 0 aliphatic rings. The van der Waals surface area contributed by atoms with E-state index >= 15 is 0 Å². The molecule has 0 unspecified atom stereocenters. The molecule has 0 saturated heterocycles. The van der Waals surface area contributed by atoms with E-state index in [0.717, 1.165) is 0 Å². The van der Waals surface area contributed by atoms with Gasteiger partial charge in [0, 0.05) is 0 Å². The molecule has 6 nitrogen and oxygen atoms in total. The lowest BCUT2D eigenvalue weighted by Crippen LogP contribution is -2.13. The van der Waals surface area contributed by atoms with E-state index in [4.69, 9.17) is 16.9 Å². The van der Waals surface area contributed by atoms with Gasteiger partial charge in [-0.2, -0.15) is 18.8 Å². The summed E-state index contributed by atoms with van der Waals surface area (Å²) in [7, 11) is -3.75. The largest absolute Gasteiger partial charge is 0.278 e. The van der Waals surface area contributed by atoms with Gasteiger partial charge in [0.2, 0.25) is 0 Å². The maximum Gasteiger partial charge on any atom is 0.278 e.